The van der Waals surface area contributed by atoms with Crippen molar-refractivity contribution >= 4 is 35.0 Å². The molecule has 1 aromatic heterocycles. The largest absolute Gasteiger partial charge is 0.325 e. The Morgan fingerprint density at radius 1 is 1.03 bits per heavy atom. The molecule has 3 aromatic carbocycles. The predicted octanol–water partition coefficient (Wildman–Crippen LogP) is 5.69. The molecule has 4 rings (SSSR count). The Balaban J connectivity index is 1.55. The molecule has 0 bridgehead atoms. The molecule has 0 spiro atoms. The molecule has 32 heavy (non-hydrogen) atoms. The second-order valence-corrected chi connectivity index (χ2v) is 8.47. The van der Waals surface area contributed by atoms with Gasteiger partial charge in [-0.3, -0.25) is 9.36 Å². The summed E-state index contributed by atoms with van der Waals surface area (Å²) in [6.45, 7) is 1.85. The van der Waals surface area contributed by atoms with E-state index in [9.17, 15) is 9.18 Å². The topological polar surface area (TPSA) is 59.8 Å². The highest BCUT2D eigenvalue weighted by Crippen LogP contribution is 2.26. The molecular formula is C24H20ClFN4OS. The van der Waals surface area contributed by atoms with E-state index in [0.717, 1.165) is 16.8 Å². The molecule has 5 nitrogen and oxygen atoms in total. The summed E-state index contributed by atoms with van der Waals surface area (Å²) in [5.41, 5.74) is 3.30. The molecule has 0 radical (unpaired) electrons. The fourth-order valence-corrected chi connectivity index (χ4v) is 4.14. The number of carbonyl (C=O) groups excluding carboxylic acids is 1. The van der Waals surface area contributed by atoms with Crippen LogP contribution in [0.15, 0.2) is 78.0 Å². The van der Waals surface area contributed by atoms with E-state index < -0.39 is 0 Å². The molecule has 0 aliphatic carbocycles. The minimum Gasteiger partial charge on any atom is -0.325 e. The third-order valence-electron chi connectivity index (χ3n) is 4.86. The fourth-order valence-electron chi connectivity index (χ4n) is 3.20. The van der Waals surface area contributed by atoms with Crippen molar-refractivity contribution in [3.05, 3.63) is 101 Å². The van der Waals surface area contributed by atoms with Crippen LogP contribution in [0.3, 0.4) is 0 Å². The molecule has 1 heterocycles. The number of benzene rings is 3. The van der Waals surface area contributed by atoms with Gasteiger partial charge in [0, 0.05) is 22.8 Å². The van der Waals surface area contributed by atoms with Gasteiger partial charge in [-0.2, -0.15) is 0 Å². The van der Waals surface area contributed by atoms with Crippen molar-refractivity contribution in [2.24, 2.45) is 0 Å². The minimum absolute atomic E-state index is 0.136. The third-order valence-corrected chi connectivity index (χ3v) is 6.20. The van der Waals surface area contributed by atoms with E-state index in [0.29, 0.717) is 28.1 Å². The highest BCUT2D eigenvalue weighted by Gasteiger charge is 2.17. The number of nitrogens with zero attached hydrogens (tertiary/aromatic N) is 3. The number of rotatable bonds is 7. The summed E-state index contributed by atoms with van der Waals surface area (Å²) >= 11 is 7.40. The quantitative estimate of drug-likeness (QED) is 0.355. The smallest absolute Gasteiger partial charge is 0.234 e. The summed E-state index contributed by atoms with van der Waals surface area (Å²) in [7, 11) is 0. The van der Waals surface area contributed by atoms with E-state index in [-0.39, 0.29) is 17.5 Å². The Morgan fingerprint density at radius 3 is 2.53 bits per heavy atom. The van der Waals surface area contributed by atoms with E-state index in [4.69, 9.17) is 11.6 Å². The van der Waals surface area contributed by atoms with Crippen LogP contribution in [0.1, 0.15) is 17.0 Å². The molecule has 0 aliphatic rings. The van der Waals surface area contributed by atoms with E-state index >= 15 is 0 Å². The number of halogens is 2. The van der Waals surface area contributed by atoms with Crippen LogP contribution in [0.25, 0.3) is 5.69 Å². The number of amides is 1. The van der Waals surface area contributed by atoms with Gasteiger partial charge in [-0.25, -0.2) is 4.39 Å². The summed E-state index contributed by atoms with van der Waals surface area (Å²) in [6.07, 6.45) is 0.555. The van der Waals surface area contributed by atoms with Gasteiger partial charge in [0.05, 0.1) is 5.75 Å². The summed E-state index contributed by atoms with van der Waals surface area (Å²) in [5.74, 6) is 0.336. The van der Waals surface area contributed by atoms with Crippen molar-refractivity contribution < 1.29 is 9.18 Å². The Bertz CT molecular complexity index is 1230. The average Bonchev–Trinajstić information content (AvgIpc) is 3.19. The van der Waals surface area contributed by atoms with Crippen LogP contribution in [-0.4, -0.2) is 26.4 Å². The third kappa shape index (κ3) is 5.18. The molecule has 0 fully saturated rings. The number of hydrogen-bond donors (Lipinski definition) is 1. The van der Waals surface area contributed by atoms with Crippen molar-refractivity contribution in [1.29, 1.82) is 0 Å². The first-order valence-corrected chi connectivity index (χ1v) is 11.3. The van der Waals surface area contributed by atoms with Gasteiger partial charge in [0.2, 0.25) is 5.91 Å². The molecule has 1 N–H and O–H groups in total. The van der Waals surface area contributed by atoms with Crippen LogP contribution >= 0.6 is 23.4 Å². The van der Waals surface area contributed by atoms with Gasteiger partial charge in [-0.05, 0) is 54.4 Å². The Labute approximate surface area is 194 Å². The maximum absolute atomic E-state index is 13.5. The van der Waals surface area contributed by atoms with Gasteiger partial charge in [0.15, 0.2) is 5.16 Å². The zero-order valence-corrected chi connectivity index (χ0v) is 18.8. The summed E-state index contributed by atoms with van der Waals surface area (Å²) in [6, 6.07) is 21.4. The summed E-state index contributed by atoms with van der Waals surface area (Å²) in [4.78, 5) is 12.6. The van der Waals surface area contributed by atoms with Gasteiger partial charge in [0.1, 0.15) is 11.6 Å². The lowest BCUT2D eigenvalue weighted by molar-refractivity contribution is -0.113. The maximum Gasteiger partial charge on any atom is 0.234 e. The Hall–Kier alpha value is -3.16. The predicted molar refractivity (Wildman–Crippen MR) is 126 cm³/mol. The molecule has 0 aliphatic heterocycles. The van der Waals surface area contributed by atoms with Crippen LogP contribution in [0, 0.1) is 12.7 Å². The highest BCUT2D eigenvalue weighted by atomic mass is 35.5. The minimum atomic E-state index is -0.322. The molecule has 0 unspecified atom stereocenters. The van der Waals surface area contributed by atoms with Gasteiger partial charge in [0.25, 0.3) is 0 Å². The van der Waals surface area contributed by atoms with Crippen LogP contribution in [0.2, 0.25) is 5.02 Å². The number of thioether (sulfide) groups is 1. The van der Waals surface area contributed by atoms with Crippen molar-refractivity contribution in [1.82, 2.24) is 14.8 Å². The molecule has 0 atom stereocenters. The van der Waals surface area contributed by atoms with Gasteiger partial charge >= 0.3 is 0 Å². The first-order valence-electron chi connectivity index (χ1n) is 9.93. The van der Waals surface area contributed by atoms with E-state index in [1.165, 1.54) is 23.9 Å². The van der Waals surface area contributed by atoms with E-state index in [1.54, 1.807) is 24.3 Å². The van der Waals surface area contributed by atoms with Crippen LogP contribution in [0.4, 0.5) is 10.1 Å². The number of carbonyl (C=O) groups is 1. The fraction of sp³-hybridized carbons (Fsp3) is 0.125. The number of anilines is 1. The summed E-state index contributed by atoms with van der Waals surface area (Å²) in [5, 5.41) is 12.7. The molecule has 0 saturated carbocycles. The van der Waals surface area contributed by atoms with Crippen molar-refractivity contribution in [2.45, 2.75) is 18.5 Å². The monoisotopic (exact) mass is 466 g/mol. The number of nitrogens with one attached hydrogen (secondary N) is 1. The van der Waals surface area contributed by atoms with Crippen molar-refractivity contribution in [2.75, 3.05) is 11.1 Å². The highest BCUT2D eigenvalue weighted by molar-refractivity contribution is 7.99. The molecule has 162 valence electrons. The standard InChI is InChI=1S/C24H20ClFN4OS/c1-16-20(25)8-5-9-21(16)27-23(31)15-32-24-29-28-22(14-17-6-3-2-4-7-17)30(24)19-12-10-18(26)11-13-19/h2-13H,14-15H2,1H3,(H,27,31). The average molecular weight is 467 g/mol. The zero-order chi connectivity index (χ0) is 22.5. The van der Waals surface area contributed by atoms with Gasteiger partial charge in [-0.15, -0.1) is 10.2 Å². The van der Waals surface area contributed by atoms with E-state index in [2.05, 4.69) is 15.5 Å². The van der Waals surface area contributed by atoms with Gasteiger partial charge < -0.3 is 5.32 Å². The zero-order valence-electron chi connectivity index (χ0n) is 17.3. The lowest BCUT2D eigenvalue weighted by atomic mass is 10.1. The molecular weight excluding hydrogens is 447 g/mol. The number of aromatic nitrogens is 3. The van der Waals surface area contributed by atoms with Crippen molar-refractivity contribution in [3.63, 3.8) is 0 Å². The Morgan fingerprint density at radius 2 is 1.78 bits per heavy atom. The SMILES string of the molecule is Cc1c(Cl)cccc1NC(=O)CSc1nnc(Cc2ccccc2)n1-c1ccc(F)cc1. The second-order valence-electron chi connectivity index (χ2n) is 7.12. The first-order chi connectivity index (χ1) is 15.5. The van der Waals surface area contributed by atoms with E-state index in [1.807, 2.05) is 47.9 Å². The Kier molecular flexibility index (Phi) is 6.87. The number of hydrogen-bond acceptors (Lipinski definition) is 4. The van der Waals surface area contributed by atoms with Crippen LogP contribution in [-0.2, 0) is 11.2 Å². The maximum atomic E-state index is 13.5. The molecule has 0 saturated heterocycles. The first kappa shape index (κ1) is 22.0. The molecule has 4 aromatic rings. The molecule has 8 heteroatoms. The second kappa shape index (κ2) is 9.97. The van der Waals surface area contributed by atoms with Crippen LogP contribution < -0.4 is 5.32 Å². The van der Waals surface area contributed by atoms with Gasteiger partial charge in [-0.1, -0.05) is 59.8 Å². The molecule has 1 amide bonds. The van der Waals surface area contributed by atoms with Crippen LogP contribution in [0.5, 0.6) is 0 Å². The lowest BCUT2D eigenvalue weighted by Gasteiger charge is -2.11. The normalized spacial score (nSPS) is 10.8. The van der Waals surface area contributed by atoms with Crippen molar-refractivity contribution in [3.8, 4) is 5.69 Å². The lowest BCUT2D eigenvalue weighted by Crippen LogP contribution is -2.15. The summed E-state index contributed by atoms with van der Waals surface area (Å²) < 4.78 is 15.3.